The van der Waals surface area contributed by atoms with Gasteiger partial charge in [-0.2, -0.15) is 9.40 Å². The predicted molar refractivity (Wildman–Crippen MR) is 87.7 cm³/mol. The SMILES string of the molecule is CN(C(C1CC1)C1CC1)S(=O)(=O)c1cnn(-c2ccccc2)c1. The Kier molecular flexibility index (Phi) is 3.54. The van der Waals surface area contributed by atoms with Crippen molar-refractivity contribution < 1.29 is 8.42 Å². The predicted octanol–water partition coefficient (Wildman–Crippen LogP) is 2.68. The third-order valence-corrected chi connectivity index (χ3v) is 6.69. The number of nitrogens with zero attached hydrogens (tertiary/aromatic N) is 3. The topological polar surface area (TPSA) is 55.2 Å². The molecule has 0 bridgehead atoms. The van der Waals surface area contributed by atoms with Gasteiger partial charge < -0.3 is 0 Å². The van der Waals surface area contributed by atoms with Crippen molar-refractivity contribution in [3.63, 3.8) is 0 Å². The maximum atomic E-state index is 13.0. The summed E-state index contributed by atoms with van der Waals surface area (Å²) in [6.07, 6.45) is 7.69. The van der Waals surface area contributed by atoms with E-state index in [-0.39, 0.29) is 10.9 Å². The lowest BCUT2D eigenvalue weighted by Gasteiger charge is -2.27. The number of para-hydroxylation sites is 1. The van der Waals surface area contributed by atoms with Crippen LogP contribution in [0.2, 0.25) is 0 Å². The lowest BCUT2D eigenvalue weighted by molar-refractivity contribution is 0.302. The van der Waals surface area contributed by atoms with Crippen LogP contribution >= 0.6 is 0 Å². The molecule has 0 aliphatic heterocycles. The van der Waals surface area contributed by atoms with Gasteiger partial charge in [0.05, 0.1) is 18.1 Å². The van der Waals surface area contributed by atoms with Crippen molar-refractivity contribution in [3.8, 4) is 5.69 Å². The molecule has 2 saturated carbocycles. The van der Waals surface area contributed by atoms with Crippen molar-refractivity contribution in [1.82, 2.24) is 14.1 Å². The zero-order valence-corrected chi connectivity index (χ0v) is 14.0. The lowest BCUT2D eigenvalue weighted by atomic mass is 10.1. The van der Waals surface area contributed by atoms with E-state index >= 15 is 0 Å². The second-order valence-electron chi connectivity index (χ2n) is 6.64. The molecule has 0 atom stereocenters. The smallest absolute Gasteiger partial charge is 0.240 e. The van der Waals surface area contributed by atoms with Gasteiger partial charge in [-0.15, -0.1) is 0 Å². The molecule has 0 spiro atoms. The summed E-state index contributed by atoms with van der Waals surface area (Å²) in [6.45, 7) is 0. The molecule has 0 unspecified atom stereocenters. The molecule has 4 rings (SSSR count). The third kappa shape index (κ3) is 2.81. The molecule has 1 heterocycles. The molecule has 2 aliphatic rings. The Morgan fingerprint density at radius 3 is 2.30 bits per heavy atom. The largest absolute Gasteiger partial charge is 0.246 e. The molecule has 0 amide bonds. The summed E-state index contributed by atoms with van der Waals surface area (Å²) in [4.78, 5) is 0.273. The second kappa shape index (κ2) is 5.46. The Labute approximate surface area is 137 Å². The average molecular weight is 331 g/mol. The fourth-order valence-electron chi connectivity index (χ4n) is 3.34. The Bertz CT molecular complexity index is 780. The van der Waals surface area contributed by atoms with Crippen LogP contribution in [0, 0.1) is 11.8 Å². The average Bonchev–Trinajstić information content (AvgIpc) is 3.49. The number of aromatic nitrogens is 2. The van der Waals surface area contributed by atoms with Crippen molar-refractivity contribution in [2.75, 3.05) is 7.05 Å². The summed E-state index contributed by atoms with van der Waals surface area (Å²) in [5.74, 6) is 1.10. The first-order chi connectivity index (χ1) is 11.1. The molecule has 0 saturated heterocycles. The molecule has 1 aromatic carbocycles. The van der Waals surface area contributed by atoms with E-state index in [1.807, 2.05) is 30.3 Å². The van der Waals surface area contributed by atoms with Crippen molar-refractivity contribution in [2.45, 2.75) is 36.6 Å². The first-order valence-corrected chi connectivity index (χ1v) is 9.59. The van der Waals surface area contributed by atoms with E-state index in [2.05, 4.69) is 5.10 Å². The van der Waals surface area contributed by atoms with Crippen LogP contribution in [0.25, 0.3) is 5.69 Å². The highest BCUT2D eigenvalue weighted by atomic mass is 32.2. The minimum Gasteiger partial charge on any atom is -0.240 e. The maximum Gasteiger partial charge on any atom is 0.246 e. The molecule has 122 valence electrons. The minimum atomic E-state index is -3.49. The highest BCUT2D eigenvalue weighted by Crippen LogP contribution is 2.47. The van der Waals surface area contributed by atoms with E-state index in [1.165, 1.54) is 6.20 Å². The molecule has 0 N–H and O–H groups in total. The number of sulfonamides is 1. The monoisotopic (exact) mass is 331 g/mol. The van der Waals surface area contributed by atoms with Crippen LogP contribution in [0.3, 0.4) is 0 Å². The molecule has 23 heavy (non-hydrogen) atoms. The third-order valence-electron chi connectivity index (χ3n) is 4.89. The molecular formula is C17H21N3O2S. The van der Waals surface area contributed by atoms with Crippen molar-refractivity contribution in [3.05, 3.63) is 42.7 Å². The number of benzene rings is 1. The van der Waals surface area contributed by atoms with Gasteiger partial charge in [-0.25, -0.2) is 13.1 Å². The van der Waals surface area contributed by atoms with E-state index in [0.717, 1.165) is 31.4 Å². The van der Waals surface area contributed by atoms with E-state index in [9.17, 15) is 8.42 Å². The van der Waals surface area contributed by atoms with Gasteiger partial charge >= 0.3 is 0 Å². The van der Waals surface area contributed by atoms with Gasteiger partial charge in [-0.05, 0) is 49.7 Å². The molecule has 6 heteroatoms. The summed E-state index contributed by atoms with van der Waals surface area (Å²) < 4.78 is 29.1. The van der Waals surface area contributed by atoms with Gasteiger partial charge in [0, 0.05) is 13.1 Å². The zero-order valence-electron chi connectivity index (χ0n) is 13.2. The van der Waals surface area contributed by atoms with Crippen LogP contribution in [0.1, 0.15) is 25.7 Å². The highest BCUT2D eigenvalue weighted by molar-refractivity contribution is 7.89. The van der Waals surface area contributed by atoms with E-state index in [1.54, 1.807) is 22.2 Å². The van der Waals surface area contributed by atoms with Gasteiger partial charge in [0.2, 0.25) is 10.0 Å². The zero-order chi connectivity index (χ0) is 16.0. The summed E-state index contributed by atoms with van der Waals surface area (Å²) in [7, 11) is -1.75. The summed E-state index contributed by atoms with van der Waals surface area (Å²) >= 11 is 0. The van der Waals surface area contributed by atoms with Crippen molar-refractivity contribution in [1.29, 1.82) is 0 Å². The quantitative estimate of drug-likeness (QED) is 0.818. The van der Waals surface area contributed by atoms with Crippen LogP contribution in [0.4, 0.5) is 0 Å². The van der Waals surface area contributed by atoms with Crippen molar-refractivity contribution >= 4 is 10.0 Å². The van der Waals surface area contributed by atoms with Crippen LogP contribution in [0.5, 0.6) is 0 Å². The van der Waals surface area contributed by atoms with Gasteiger partial charge in [0.15, 0.2) is 0 Å². The number of rotatable bonds is 6. The summed E-state index contributed by atoms with van der Waals surface area (Å²) in [5.41, 5.74) is 0.859. The first kappa shape index (κ1) is 14.9. The van der Waals surface area contributed by atoms with Crippen LogP contribution in [-0.4, -0.2) is 35.6 Å². The molecule has 2 aromatic rings. The van der Waals surface area contributed by atoms with E-state index < -0.39 is 10.0 Å². The summed E-state index contributed by atoms with van der Waals surface area (Å²) in [6, 6.07) is 9.73. The van der Waals surface area contributed by atoms with Crippen molar-refractivity contribution in [2.24, 2.45) is 11.8 Å². The van der Waals surface area contributed by atoms with E-state index in [0.29, 0.717) is 11.8 Å². The number of hydrogen-bond acceptors (Lipinski definition) is 3. The minimum absolute atomic E-state index is 0.167. The Hall–Kier alpha value is -1.66. The maximum absolute atomic E-state index is 13.0. The normalized spacial score (nSPS) is 18.7. The van der Waals surface area contributed by atoms with Gasteiger partial charge in [0.25, 0.3) is 0 Å². The first-order valence-electron chi connectivity index (χ1n) is 8.15. The van der Waals surface area contributed by atoms with Crippen LogP contribution in [0.15, 0.2) is 47.6 Å². The fraction of sp³-hybridized carbons (Fsp3) is 0.471. The standard InChI is InChI=1S/C17H21N3O2S/c1-19(17(13-7-8-13)14-9-10-14)23(21,22)16-11-18-20(12-16)15-5-3-2-4-6-15/h2-6,11-14,17H,7-10H2,1H3. The Morgan fingerprint density at radius 1 is 1.13 bits per heavy atom. The molecule has 1 aromatic heterocycles. The highest BCUT2D eigenvalue weighted by Gasteiger charge is 2.47. The molecule has 2 aliphatic carbocycles. The van der Waals surface area contributed by atoms with Gasteiger partial charge in [-0.1, -0.05) is 18.2 Å². The molecule has 5 nitrogen and oxygen atoms in total. The second-order valence-corrected chi connectivity index (χ2v) is 8.64. The Balaban J connectivity index is 1.62. The molecule has 2 fully saturated rings. The molecular weight excluding hydrogens is 310 g/mol. The fourth-order valence-corrected chi connectivity index (χ4v) is 4.75. The summed E-state index contributed by atoms with van der Waals surface area (Å²) in [5, 5.41) is 4.23. The Morgan fingerprint density at radius 2 is 1.74 bits per heavy atom. The van der Waals surface area contributed by atoms with E-state index in [4.69, 9.17) is 0 Å². The number of hydrogen-bond donors (Lipinski definition) is 0. The lowest BCUT2D eigenvalue weighted by Crippen LogP contribution is -2.39. The van der Waals surface area contributed by atoms with Gasteiger partial charge in [-0.3, -0.25) is 0 Å². The van der Waals surface area contributed by atoms with Crippen LogP contribution in [-0.2, 0) is 10.0 Å². The van der Waals surface area contributed by atoms with Crippen LogP contribution < -0.4 is 0 Å². The van der Waals surface area contributed by atoms with Gasteiger partial charge in [0.1, 0.15) is 4.90 Å². The molecule has 0 radical (unpaired) electrons.